The average Bonchev–Trinajstić information content (AvgIpc) is 3.28. The number of ether oxygens (including phenoxy) is 1. The number of nitrogens with zero attached hydrogens (tertiary/aromatic N) is 2. The van der Waals surface area contributed by atoms with Crippen molar-refractivity contribution in [1.82, 2.24) is 15.5 Å². The summed E-state index contributed by atoms with van der Waals surface area (Å²) in [6.45, 7) is 8.72. The molecule has 4 N–H and O–H groups in total. The van der Waals surface area contributed by atoms with Crippen molar-refractivity contribution < 1.29 is 28.9 Å². The molecule has 0 bridgehead atoms. The largest absolute Gasteiger partial charge is 0.506 e. The smallest absolute Gasteiger partial charge is 0.414 e. The van der Waals surface area contributed by atoms with Crippen LogP contribution in [0.5, 0.6) is 0 Å². The summed E-state index contributed by atoms with van der Waals surface area (Å²) >= 11 is 0. The van der Waals surface area contributed by atoms with Crippen molar-refractivity contribution in [3.8, 4) is 0 Å². The number of aliphatic imine (C=N–C) groups is 1. The molecule has 1 aromatic rings. The molecule has 0 aromatic heterocycles. The molecular formula is C29H37FN4O5. The Hall–Kier alpha value is -3.50. The van der Waals surface area contributed by atoms with E-state index in [4.69, 9.17) is 4.74 Å². The number of nitrogens with one attached hydrogen (secondary N) is 2. The maximum Gasteiger partial charge on any atom is 0.414 e. The van der Waals surface area contributed by atoms with Crippen molar-refractivity contribution in [3.05, 3.63) is 64.3 Å². The number of hydrogen-bond donors (Lipinski definition) is 4. The first-order chi connectivity index (χ1) is 18.5. The molecule has 39 heavy (non-hydrogen) atoms. The molecular weight excluding hydrogens is 503 g/mol. The molecule has 0 spiro atoms. The zero-order chi connectivity index (χ0) is 28.3. The van der Waals surface area contributed by atoms with Gasteiger partial charge in [-0.2, -0.15) is 0 Å². The van der Waals surface area contributed by atoms with Gasteiger partial charge >= 0.3 is 6.09 Å². The Labute approximate surface area is 228 Å². The van der Waals surface area contributed by atoms with E-state index in [9.17, 15) is 19.8 Å². The van der Waals surface area contributed by atoms with Crippen LogP contribution in [0.3, 0.4) is 0 Å². The second-order valence-corrected chi connectivity index (χ2v) is 10.8. The molecule has 0 radical (unpaired) electrons. The van der Waals surface area contributed by atoms with Crippen LogP contribution in [0.25, 0.3) is 5.57 Å². The van der Waals surface area contributed by atoms with Gasteiger partial charge in [0.1, 0.15) is 17.7 Å². The molecule has 2 aliphatic heterocycles. The molecule has 210 valence electrons. The van der Waals surface area contributed by atoms with Gasteiger partial charge in [0.2, 0.25) is 5.91 Å². The molecule has 1 saturated heterocycles. The van der Waals surface area contributed by atoms with Crippen LogP contribution in [-0.2, 0) is 16.1 Å². The molecule has 9 nitrogen and oxygen atoms in total. The predicted octanol–water partition coefficient (Wildman–Crippen LogP) is 3.62. The zero-order valence-corrected chi connectivity index (χ0v) is 22.9. The number of aliphatic hydroxyl groups is 2. The lowest BCUT2D eigenvalue weighted by Gasteiger charge is -2.33. The number of hydrogen-bond acceptors (Lipinski definition) is 7. The number of dihydropyridines is 1. The lowest BCUT2D eigenvalue weighted by Crippen LogP contribution is -2.38. The van der Waals surface area contributed by atoms with Crippen LogP contribution >= 0.6 is 0 Å². The van der Waals surface area contributed by atoms with E-state index in [1.54, 1.807) is 6.92 Å². The average molecular weight is 541 g/mol. The number of cyclic esters (lactones) is 1. The van der Waals surface area contributed by atoms with Crippen LogP contribution in [0.4, 0.5) is 9.18 Å². The van der Waals surface area contributed by atoms with E-state index in [-0.39, 0.29) is 43.1 Å². The highest BCUT2D eigenvalue weighted by atomic mass is 19.1. The van der Waals surface area contributed by atoms with Crippen LogP contribution in [0.15, 0.2) is 58.2 Å². The number of aliphatic hydroxyl groups excluding tert-OH is 2. The van der Waals surface area contributed by atoms with E-state index in [0.717, 1.165) is 16.7 Å². The minimum atomic E-state index is -0.605. The van der Waals surface area contributed by atoms with Gasteiger partial charge in [-0.15, -0.1) is 0 Å². The van der Waals surface area contributed by atoms with Gasteiger partial charge in [0.05, 0.1) is 32.0 Å². The quantitative estimate of drug-likeness (QED) is 0.379. The van der Waals surface area contributed by atoms with Gasteiger partial charge in [0.25, 0.3) is 0 Å². The van der Waals surface area contributed by atoms with Gasteiger partial charge in [-0.05, 0) is 47.6 Å². The summed E-state index contributed by atoms with van der Waals surface area (Å²) < 4.78 is 20.7. The summed E-state index contributed by atoms with van der Waals surface area (Å²) in [4.78, 5) is 29.3. The van der Waals surface area contributed by atoms with Crippen molar-refractivity contribution in [2.24, 2.45) is 16.3 Å². The molecule has 10 heteroatoms. The van der Waals surface area contributed by atoms with Gasteiger partial charge in [-0.1, -0.05) is 38.1 Å². The van der Waals surface area contributed by atoms with Gasteiger partial charge in [-0.3, -0.25) is 14.7 Å². The van der Waals surface area contributed by atoms with Crippen LogP contribution < -0.4 is 10.6 Å². The molecule has 3 aliphatic rings. The second-order valence-electron chi connectivity index (χ2n) is 10.8. The highest BCUT2D eigenvalue weighted by Gasteiger charge is 2.36. The van der Waals surface area contributed by atoms with Gasteiger partial charge in [0, 0.05) is 31.1 Å². The van der Waals surface area contributed by atoms with Gasteiger partial charge in [-0.25, -0.2) is 9.18 Å². The van der Waals surface area contributed by atoms with Crippen molar-refractivity contribution in [2.75, 3.05) is 32.8 Å². The molecule has 1 aromatic carbocycles. The van der Waals surface area contributed by atoms with Crippen LogP contribution in [-0.4, -0.2) is 71.7 Å². The van der Waals surface area contributed by atoms with Gasteiger partial charge in [0.15, 0.2) is 0 Å². The number of carbonyl (C=O) groups excluding carboxylic acids is 2. The number of halogens is 1. The Balaban J connectivity index is 1.41. The number of carbonyl (C=O) groups is 2. The van der Waals surface area contributed by atoms with E-state index in [0.29, 0.717) is 43.0 Å². The summed E-state index contributed by atoms with van der Waals surface area (Å²) in [6.07, 6.45) is 0.885. The molecule has 2 heterocycles. The van der Waals surface area contributed by atoms with Crippen molar-refractivity contribution >= 4 is 23.3 Å². The topological polar surface area (TPSA) is 123 Å². The van der Waals surface area contributed by atoms with Crippen molar-refractivity contribution in [2.45, 2.75) is 46.8 Å². The van der Waals surface area contributed by atoms with Gasteiger partial charge < -0.3 is 25.6 Å². The van der Waals surface area contributed by atoms with Crippen molar-refractivity contribution in [3.63, 3.8) is 0 Å². The number of rotatable bonds is 9. The third-order valence-corrected chi connectivity index (χ3v) is 7.63. The van der Waals surface area contributed by atoms with Crippen LogP contribution in [0.1, 0.15) is 45.2 Å². The monoisotopic (exact) mass is 540 g/mol. The third kappa shape index (κ3) is 6.23. The Morgan fingerprint density at radius 2 is 2.00 bits per heavy atom. The van der Waals surface area contributed by atoms with E-state index < -0.39 is 17.6 Å². The maximum atomic E-state index is 15.3. The summed E-state index contributed by atoms with van der Waals surface area (Å²) in [5.74, 6) is -0.607. The predicted molar refractivity (Wildman–Crippen MR) is 147 cm³/mol. The molecule has 4 rings (SSSR count). The molecule has 0 saturated carbocycles. The van der Waals surface area contributed by atoms with E-state index in [1.807, 2.05) is 38.1 Å². The Morgan fingerprint density at radius 3 is 2.64 bits per heavy atom. The van der Waals surface area contributed by atoms with Crippen molar-refractivity contribution in [1.29, 1.82) is 0 Å². The SMILES string of the molecule is CC(=O)NC[C@H]1CN(C2=CC(F)=C(c3ccc(CNCC4=C(O)C(C)=NCC4(C)CO)cc3)C(C)C2)C(=O)O1. The van der Waals surface area contributed by atoms with Crippen LogP contribution in [0, 0.1) is 11.3 Å². The highest BCUT2D eigenvalue weighted by Crippen LogP contribution is 2.39. The normalized spacial score (nSPS) is 25.5. The lowest BCUT2D eigenvalue weighted by molar-refractivity contribution is -0.119. The third-order valence-electron chi connectivity index (χ3n) is 7.63. The number of allylic oxidation sites excluding steroid dienone is 5. The fourth-order valence-electron chi connectivity index (χ4n) is 5.21. The number of benzene rings is 1. The summed E-state index contributed by atoms with van der Waals surface area (Å²) in [6, 6.07) is 7.65. The Bertz CT molecular complexity index is 1250. The minimum absolute atomic E-state index is 0.106. The highest BCUT2D eigenvalue weighted by molar-refractivity contribution is 5.97. The van der Waals surface area contributed by atoms with E-state index in [2.05, 4.69) is 15.6 Å². The first-order valence-electron chi connectivity index (χ1n) is 13.2. The Kier molecular flexibility index (Phi) is 8.56. The first kappa shape index (κ1) is 28.5. The molecule has 1 fully saturated rings. The minimum Gasteiger partial charge on any atom is -0.506 e. The fraction of sp³-hybridized carbons (Fsp3) is 0.483. The molecule has 1 aliphatic carbocycles. The number of amides is 2. The molecule has 3 atom stereocenters. The standard InChI is InChI=1S/C29H37FN4O5/c1-17-9-22(34-14-23(39-28(34)38)12-32-19(3)36)10-25(30)26(17)21-7-5-20(6-8-21)11-31-13-24-27(37)18(2)33-15-29(24,4)16-35/h5-8,10,17,23,31,35,37H,9,11-16H2,1-4H3,(H,32,36)/t17?,23-,29?/m0/s1. The second kappa shape index (κ2) is 11.7. The fourth-order valence-corrected chi connectivity index (χ4v) is 5.21. The summed E-state index contributed by atoms with van der Waals surface area (Å²) in [5.41, 5.74) is 3.63. The summed E-state index contributed by atoms with van der Waals surface area (Å²) in [7, 11) is 0. The van der Waals surface area contributed by atoms with E-state index >= 15 is 4.39 Å². The molecule has 2 amide bonds. The lowest BCUT2D eigenvalue weighted by atomic mass is 9.79. The maximum absolute atomic E-state index is 15.3. The Morgan fingerprint density at radius 1 is 1.28 bits per heavy atom. The zero-order valence-electron chi connectivity index (χ0n) is 22.9. The van der Waals surface area contributed by atoms with E-state index in [1.165, 1.54) is 17.9 Å². The van der Waals surface area contributed by atoms with Crippen LogP contribution in [0.2, 0.25) is 0 Å². The first-order valence-corrected chi connectivity index (χ1v) is 13.2. The summed E-state index contributed by atoms with van der Waals surface area (Å²) in [5, 5.41) is 26.3. The molecule has 2 unspecified atom stereocenters.